The molecule has 2 aliphatic rings. The van der Waals surface area contributed by atoms with Gasteiger partial charge in [0.2, 0.25) is 15.8 Å². The van der Waals surface area contributed by atoms with Gasteiger partial charge in [0.1, 0.15) is 30.2 Å². The van der Waals surface area contributed by atoms with Gasteiger partial charge in [-0.2, -0.15) is 4.31 Å². The highest BCUT2D eigenvalue weighted by molar-refractivity contribution is 7.89. The van der Waals surface area contributed by atoms with E-state index in [1.807, 2.05) is 0 Å². The molecule has 1 fully saturated rings. The largest absolute Gasteiger partial charge is 0.494 e. The van der Waals surface area contributed by atoms with E-state index in [2.05, 4.69) is 0 Å². The van der Waals surface area contributed by atoms with Gasteiger partial charge in [0.05, 0.1) is 0 Å². The minimum Gasteiger partial charge on any atom is -0.494 e. The van der Waals surface area contributed by atoms with Crippen LogP contribution in [0.2, 0.25) is 0 Å². The van der Waals surface area contributed by atoms with E-state index in [9.17, 15) is 17.6 Å². The highest BCUT2D eigenvalue weighted by Gasteiger charge is 2.33. The van der Waals surface area contributed by atoms with Gasteiger partial charge >= 0.3 is 0 Å². The van der Waals surface area contributed by atoms with E-state index in [4.69, 9.17) is 9.47 Å². The maximum absolute atomic E-state index is 13.8. The first kappa shape index (κ1) is 16.7. The number of nitrogens with zero attached hydrogens (tertiary/aromatic N) is 2. The third-order valence-electron chi connectivity index (χ3n) is 3.84. The van der Waals surface area contributed by atoms with Crippen LogP contribution in [0.1, 0.15) is 0 Å². The second-order valence-corrected chi connectivity index (χ2v) is 7.23. The molecule has 3 rings (SSSR count). The minimum absolute atomic E-state index is 0.0938. The van der Waals surface area contributed by atoms with E-state index in [0.29, 0.717) is 13.2 Å². The molecule has 2 heterocycles. The lowest BCUT2D eigenvalue weighted by Crippen LogP contribution is -2.51. The quantitative estimate of drug-likeness (QED) is 0.790. The van der Waals surface area contributed by atoms with Gasteiger partial charge in [0.15, 0.2) is 0 Å². The van der Waals surface area contributed by atoms with Gasteiger partial charge in [-0.3, -0.25) is 4.79 Å². The molecule has 130 valence electrons. The number of sulfonamides is 1. The van der Waals surface area contributed by atoms with Crippen molar-refractivity contribution in [1.82, 2.24) is 9.21 Å². The van der Waals surface area contributed by atoms with Crippen molar-refractivity contribution in [3.63, 3.8) is 0 Å². The summed E-state index contributed by atoms with van der Waals surface area (Å²) in [6, 6.07) is 5.26. The van der Waals surface area contributed by atoms with Gasteiger partial charge < -0.3 is 14.4 Å². The van der Waals surface area contributed by atoms with E-state index in [-0.39, 0.29) is 42.7 Å². The Morgan fingerprint density at radius 1 is 1.08 bits per heavy atom. The molecule has 0 bridgehead atoms. The molecule has 0 unspecified atom stereocenters. The first-order valence-corrected chi connectivity index (χ1v) is 8.92. The van der Waals surface area contributed by atoms with Crippen LogP contribution >= 0.6 is 0 Å². The zero-order valence-corrected chi connectivity index (χ0v) is 13.7. The molecule has 0 radical (unpaired) electrons. The van der Waals surface area contributed by atoms with E-state index < -0.39 is 15.8 Å². The van der Waals surface area contributed by atoms with E-state index in [1.165, 1.54) is 33.7 Å². The Bertz CT molecular complexity index is 757. The second-order valence-electron chi connectivity index (χ2n) is 5.33. The Kier molecular flexibility index (Phi) is 4.72. The van der Waals surface area contributed by atoms with Gasteiger partial charge in [-0.1, -0.05) is 12.1 Å². The standard InChI is InChI=1S/C15H17FN2O5S/c16-12-3-1-2-4-14(12)24(20,21)18-7-5-17(6-8-18)15(19)13-11-22-9-10-23-13/h1-4,11H,5-10H2. The Morgan fingerprint density at radius 3 is 2.42 bits per heavy atom. The molecule has 7 nitrogen and oxygen atoms in total. The highest BCUT2D eigenvalue weighted by atomic mass is 32.2. The number of rotatable bonds is 3. The van der Waals surface area contributed by atoms with Crippen LogP contribution in [0.4, 0.5) is 4.39 Å². The second kappa shape index (κ2) is 6.78. The number of amides is 1. The Morgan fingerprint density at radius 2 is 1.79 bits per heavy atom. The first-order valence-electron chi connectivity index (χ1n) is 7.48. The molecule has 2 aliphatic heterocycles. The Balaban J connectivity index is 1.68. The van der Waals surface area contributed by atoms with Crippen molar-refractivity contribution in [2.45, 2.75) is 4.90 Å². The number of carbonyl (C=O) groups excluding carboxylic acids is 1. The van der Waals surface area contributed by atoms with Crippen LogP contribution in [0.3, 0.4) is 0 Å². The van der Waals surface area contributed by atoms with Crippen LogP contribution in [0.15, 0.2) is 41.2 Å². The van der Waals surface area contributed by atoms with Gasteiger partial charge in [-0.05, 0) is 12.1 Å². The molecule has 24 heavy (non-hydrogen) atoms. The van der Waals surface area contributed by atoms with Crippen LogP contribution in [-0.2, 0) is 24.3 Å². The molecule has 1 saturated heterocycles. The summed E-state index contributed by atoms with van der Waals surface area (Å²) >= 11 is 0. The molecule has 1 aromatic carbocycles. The van der Waals surface area contributed by atoms with Crippen molar-refractivity contribution in [1.29, 1.82) is 0 Å². The van der Waals surface area contributed by atoms with Gasteiger partial charge in [-0.15, -0.1) is 0 Å². The average Bonchev–Trinajstić information content (AvgIpc) is 2.62. The van der Waals surface area contributed by atoms with Gasteiger partial charge in [0.25, 0.3) is 5.91 Å². The fourth-order valence-electron chi connectivity index (χ4n) is 2.56. The third-order valence-corrected chi connectivity index (χ3v) is 5.77. The van der Waals surface area contributed by atoms with E-state index in [1.54, 1.807) is 0 Å². The predicted octanol–water partition coefficient (Wildman–Crippen LogP) is 0.547. The summed E-state index contributed by atoms with van der Waals surface area (Å²) in [5.74, 6) is -1.00. The molecule has 0 aliphatic carbocycles. The fourth-order valence-corrected chi connectivity index (χ4v) is 4.05. The van der Waals surface area contributed by atoms with Gasteiger partial charge in [0, 0.05) is 26.2 Å². The topological polar surface area (TPSA) is 76.2 Å². The molecule has 9 heteroatoms. The summed E-state index contributed by atoms with van der Waals surface area (Å²) < 4.78 is 50.3. The van der Waals surface area contributed by atoms with Gasteiger partial charge in [-0.25, -0.2) is 12.8 Å². The van der Waals surface area contributed by atoms with Crippen LogP contribution in [0.5, 0.6) is 0 Å². The molecule has 0 aromatic heterocycles. The highest BCUT2D eigenvalue weighted by Crippen LogP contribution is 2.21. The van der Waals surface area contributed by atoms with Crippen LogP contribution < -0.4 is 0 Å². The molecule has 1 amide bonds. The Hall–Kier alpha value is -2.13. The SMILES string of the molecule is O=C(C1=COCCO1)N1CCN(S(=O)(=O)c2ccccc2F)CC1. The molecular weight excluding hydrogens is 339 g/mol. The maximum atomic E-state index is 13.8. The fraction of sp³-hybridized carbons (Fsp3) is 0.400. The maximum Gasteiger partial charge on any atom is 0.292 e. The number of piperazine rings is 1. The van der Waals surface area contributed by atoms with Crippen molar-refractivity contribution in [3.05, 3.63) is 42.1 Å². The summed E-state index contributed by atoms with van der Waals surface area (Å²) in [6.45, 7) is 1.29. The van der Waals surface area contributed by atoms with Crippen molar-refractivity contribution in [3.8, 4) is 0 Å². The number of hydrogen-bond acceptors (Lipinski definition) is 5. The molecular formula is C15H17FN2O5S. The first-order chi connectivity index (χ1) is 11.5. The lowest BCUT2D eigenvalue weighted by atomic mass is 10.3. The molecule has 0 spiro atoms. The van der Waals surface area contributed by atoms with Crippen molar-refractivity contribution in [2.24, 2.45) is 0 Å². The predicted molar refractivity (Wildman–Crippen MR) is 81.7 cm³/mol. The molecule has 0 saturated carbocycles. The zero-order chi connectivity index (χ0) is 17.2. The average molecular weight is 356 g/mol. The van der Waals surface area contributed by atoms with Crippen LogP contribution in [0.25, 0.3) is 0 Å². The lowest BCUT2D eigenvalue weighted by Gasteiger charge is -2.34. The Labute approximate surface area is 139 Å². The molecule has 0 atom stereocenters. The van der Waals surface area contributed by atoms with Crippen LogP contribution in [-0.4, -0.2) is 62.9 Å². The smallest absolute Gasteiger partial charge is 0.292 e. The number of benzene rings is 1. The summed E-state index contributed by atoms with van der Waals surface area (Å²) in [4.78, 5) is 13.4. The number of halogens is 1. The van der Waals surface area contributed by atoms with Crippen molar-refractivity contribution >= 4 is 15.9 Å². The van der Waals surface area contributed by atoms with E-state index in [0.717, 1.165) is 6.07 Å². The minimum atomic E-state index is -3.92. The van der Waals surface area contributed by atoms with Crippen LogP contribution in [0, 0.1) is 5.82 Å². The number of ether oxygens (including phenoxy) is 2. The summed E-state index contributed by atoms with van der Waals surface area (Å²) in [7, 11) is -3.92. The summed E-state index contributed by atoms with van der Waals surface area (Å²) in [6.07, 6.45) is 1.27. The molecule has 0 N–H and O–H groups in total. The van der Waals surface area contributed by atoms with Crippen molar-refractivity contribution < 1.29 is 27.1 Å². The lowest BCUT2D eigenvalue weighted by molar-refractivity contribution is -0.133. The monoisotopic (exact) mass is 356 g/mol. The number of carbonyl (C=O) groups is 1. The summed E-state index contributed by atoms with van der Waals surface area (Å²) in [5.41, 5.74) is 0. The zero-order valence-electron chi connectivity index (χ0n) is 12.9. The third kappa shape index (κ3) is 3.22. The van der Waals surface area contributed by atoms with Crippen molar-refractivity contribution in [2.75, 3.05) is 39.4 Å². The normalized spacial score (nSPS) is 19.2. The molecule has 1 aromatic rings. The number of hydrogen-bond donors (Lipinski definition) is 0. The summed E-state index contributed by atoms with van der Waals surface area (Å²) in [5, 5.41) is 0. The van der Waals surface area contributed by atoms with E-state index >= 15 is 0 Å².